The molecule has 5 heteroatoms. The van der Waals surface area contributed by atoms with Crippen molar-refractivity contribution in [2.75, 3.05) is 30.8 Å². The van der Waals surface area contributed by atoms with Crippen molar-refractivity contribution in [1.29, 1.82) is 0 Å². The predicted molar refractivity (Wildman–Crippen MR) is 88.9 cm³/mol. The molecular formula is C16H30N4O. The first-order valence-corrected chi connectivity index (χ1v) is 7.82. The number of nitrogens with zero attached hydrogens (tertiary/aromatic N) is 2. The van der Waals surface area contributed by atoms with Crippen molar-refractivity contribution in [3.05, 3.63) is 11.9 Å². The highest BCUT2D eigenvalue weighted by molar-refractivity contribution is 5.47. The largest absolute Gasteiger partial charge is 0.396 e. The van der Waals surface area contributed by atoms with E-state index in [1.54, 1.807) is 0 Å². The molecule has 0 saturated carbocycles. The smallest absolute Gasteiger partial charge is 0.138 e. The molecule has 1 unspecified atom stereocenters. The Bertz CT molecular complexity index is 423. The van der Waals surface area contributed by atoms with Crippen molar-refractivity contribution in [3.8, 4) is 0 Å². The first-order valence-electron chi connectivity index (χ1n) is 7.82. The molecular weight excluding hydrogens is 264 g/mol. The zero-order valence-corrected chi connectivity index (χ0v) is 14.0. The van der Waals surface area contributed by atoms with E-state index in [4.69, 9.17) is 5.11 Å². The lowest BCUT2D eigenvalue weighted by Gasteiger charge is -2.20. The van der Waals surface area contributed by atoms with Gasteiger partial charge in [-0.15, -0.1) is 0 Å². The Morgan fingerprint density at radius 1 is 1.19 bits per heavy atom. The monoisotopic (exact) mass is 294 g/mol. The summed E-state index contributed by atoms with van der Waals surface area (Å²) in [6.45, 7) is 9.57. The number of aliphatic hydroxyl groups excluding tert-OH is 1. The molecule has 0 saturated heterocycles. The van der Waals surface area contributed by atoms with E-state index in [0.717, 1.165) is 43.3 Å². The third kappa shape index (κ3) is 5.87. The van der Waals surface area contributed by atoms with Gasteiger partial charge in [0.1, 0.15) is 17.5 Å². The van der Waals surface area contributed by atoms with E-state index in [-0.39, 0.29) is 12.0 Å². The fourth-order valence-electron chi connectivity index (χ4n) is 2.19. The number of aromatic nitrogens is 2. The van der Waals surface area contributed by atoms with E-state index >= 15 is 0 Å². The molecule has 5 nitrogen and oxygen atoms in total. The molecule has 0 aliphatic heterocycles. The first kappa shape index (κ1) is 17.7. The number of rotatable bonds is 8. The number of anilines is 2. The standard InChI is InChI=1S/C16H30N4O/c1-6-7-12(8-9-21)11-18-14-10-13(17-5)19-15(20-14)16(2,3)4/h10,12,21H,6-9,11H2,1-5H3,(H2,17,18,19,20). The second kappa shape index (κ2) is 8.17. The Labute approximate surface area is 128 Å². The molecule has 0 amide bonds. The van der Waals surface area contributed by atoms with Crippen LogP contribution in [0, 0.1) is 5.92 Å². The van der Waals surface area contributed by atoms with Gasteiger partial charge in [-0.2, -0.15) is 0 Å². The third-order valence-corrected chi connectivity index (χ3v) is 3.46. The van der Waals surface area contributed by atoms with Crippen molar-refractivity contribution >= 4 is 11.6 Å². The van der Waals surface area contributed by atoms with Crippen LogP contribution in [0.4, 0.5) is 11.6 Å². The van der Waals surface area contributed by atoms with Gasteiger partial charge in [-0.05, 0) is 18.8 Å². The van der Waals surface area contributed by atoms with Crippen molar-refractivity contribution in [1.82, 2.24) is 9.97 Å². The second-order valence-corrected chi connectivity index (χ2v) is 6.51. The van der Waals surface area contributed by atoms with Crippen molar-refractivity contribution < 1.29 is 5.11 Å². The summed E-state index contributed by atoms with van der Waals surface area (Å²) < 4.78 is 0. The van der Waals surface area contributed by atoms with Gasteiger partial charge in [0.2, 0.25) is 0 Å². The predicted octanol–water partition coefficient (Wildman–Crippen LogP) is 3.03. The molecule has 0 aliphatic carbocycles. The summed E-state index contributed by atoms with van der Waals surface area (Å²) in [5.41, 5.74) is -0.0861. The molecule has 0 aliphatic rings. The Morgan fingerprint density at radius 3 is 2.38 bits per heavy atom. The normalized spacial score (nSPS) is 13.0. The van der Waals surface area contributed by atoms with E-state index in [1.807, 2.05) is 13.1 Å². The van der Waals surface area contributed by atoms with Gasteiger partial charge >= 0.3 is 0 Å². The Kier molecular flexibility index (Phi) is 6.89. The van der Waals surface area contributed by atoms with Crippen LogP contribution in [0.5, 0.6) is 0 Å². The minimum Gasteiger partial charge on any atom is -0.396 e. The molecule has 0 fully saturated rings. The maximum absolute atomic E-state index is 9.13. The lowest BCUT2D eigenvalue weighted by atomic mass is 9.96. The van der Waals surface area contributed by atoms with Crippen LogP contribution >= 0.6 is 0 Å². The van der Waals surface area contributed by atoms with Gasteiger partial charge in [0.05, 0.1) is 0 Å². The van der Waals surface area contributed by atoms with E-state index in [9.17, 15) is 0 Å². The molecule has 0 aromatic carbocycles. The highest BCUT2D eigenvalue weighted by Gasteiger charge is 2.19. The Morgan fingerprint density at radius 2 is 1.86 bits per heavy atom. The van der Waals surface area contributed by atoms with E-state index in [0.29, 0.717) is 5.92 Å². The SMILES string of the molecule is CCCC(CCO)CNc1cc(NC)nc(C(C)(C)C)n1. The van der Waals surface area contributed by atoms with Crippen LogP contribution < -0.4 is 10.6 Å². The van der Waals surface area contributed by atoms with Crippen LogP contribution in [0.25, 0.3) is 0 Å². The quantitative estimate of drug-likeness (QED) is 0.687. The van der Waals surface area contributed by atoms with Gasteiger partial charge < -0.3 is 15.7 Å². The topological polar surface area (TPSA) is 70.1 Å². The fourth-order valence-corrected chi connectivity index (χ4v) is 2.19. The molecule has 120 valence electrons. The van der Waals surface area contributed by atoms with Crippen LogP contribution in [0.3, 0.4) is 0 Å². The molecule has 1 heterocycles. The lowest BCUT2D eigenvalue weighted by molar-refractivity contribution is 0.255. The summed E-state index contributed by atoms with van der Waals surface area (Å²) in [5, 5.41) is 15.6. The summed E-state index contributed by atoms with van der Waals surface area (Å²) in [6, 6.07) is 1.93. The average Bonchev–Trinajstić information content (AvgIpc) is 2.44. The lowest BCUT2D eigenvalue weighted by Crippen LogP contribution is -2.20. The zero-order valence-electron chi connectivity index (χ0n) is 14.0. The molecule has 21 heavy (non-hydrogen) atoms. The zero-order chi connectivity index (χ0) is 15.9. The first-order chi connectivity index (χ1) is 9.90. The summed E-state index contributed by atoms with van der Waals surface area (Å²) in [6.07, 6.45) is 3.08. The molecule has 1 rings (SSSR count). The number of aliphatic hydroxyl groups is 1. The van der Waals surface area contributed by atoms with E-state index < -0.39 is 0 Å². The maximum Gasteiger partial charge on any atom is 0.138 e. The molecule has 1 aromatic heterocycles. The summed E-state index contributed by atoms with van der Waals surface area (Å²) >= 11 is 0. The number of hydrogen-bond acceptors (Lipinski definition) is 5. The van der Waals surface area contributed by atoms with Gasteiger partial charge in [0.15, 0.2) is 0 Å². The molecule has 0 radical (unpaired) electrons. The Hall–Kier alpha value is -1.36. The second-order valence-electron chi connectivity index (χ2n) is 6.51. The van der Waals surface area contributed by atoms with E-state index in [2.05, 4.69) is 48.3 Å². The number of hydrogen-bond donors (Lipinski definition) is 3. The van der Waals surface area contributed by atoms with Crippen LogP contribution in [0.1, 0.15) is 52.8 Å². The maximum atomic E-state index is 9.13. The summed E-state index contributed by atoms with van der Waals surface area (Å²) in [7, 11) is 1.87. The van der Waals surface area contributed by atoms with Crippen LogP contribution in [0.2, 0.25) is 0 Å². The van der Waals surface area contributed by atoms with Crippen molar-refractivity contribution in [2.45, 2.75) is 52.4 Å². The van der Waals surface area contributed by atoms with Crippen LogP contribution in [-0.4, -0.2) is 35.3 Å². The van der Waals surface area contributed by atoms with E-state index in [1.165, 1.54) is 0 Å². The summed E-state index contributed by atoms with van der Waals surface area (Å²) in [5.74, 6) is 2.97. The molecule has 0 bridgehead atoms. The minimum atomic E-state index is -0.0861. The Balaban J connectivity index is 2.82. The van der Waals surface area contributed by atoms with Gasteiger partial charge in [0, 0.05) is 31.7 Å². The van der Waals surface area contributed by atoms with Crippen LogP contribution in [-0.2, 0) is 5.41 Å². The van der Waals surface area contributed by atoms with Crippen LogP contribution in [0.15, 0.2) is 6.07 Å². The fraction of sp³-hybridized carbons (Fsp3) is 0.750. The third-order valence-electron chi connectivity index (χ3n) is 3.46. The van der Waals surface area contributed by atoms with Gasteiger partial charge in [-0.1, -0.05) is 34.1 Å². The molecule has 1 atom stereocenters. The highest BCUT2D eigenvalue weighted by Crippen LogP contribution is 2.22. The van der Waals surface area contributed by atoms with Gasteiger partial charge in [-0.25, -0.2) is 9.97 Å². The van der Waals surface area contributed by atoms with Crippen molar-refractivity contribution in [3.63, 3.8) is 0 Å². The number of nitrogens with one attached hydrogen (secondary N) is 2. The highest BCUT2D eigenvalue weighted by atomic mass is 16.3. The molecule has 1 aromatic rings. The molecule has 0 spiro atoms. The molecule has 3 N–H and O–H groups in total. The van der Waals surface area contributed by atoms with Gasteiger partial charge in [0.25, 0.3) is 0 Å². The minimum absolute atomic E-state index is 0.0861. The average molecular weight is 294 g/mol. The van der Waals surface area contributed by atoms with Gasteiger partial charge in [-0.3, -0.25) is 0 Å². The summed E-state index contributed by atoms with van der Waals surface area (Å²) in [4.78, 5) is 9.14. The van der Waals surface area contributed by atoms with Crippen molar-refractivity contribution in [2.24, 2.45) is 5.92 Å².